The lowest BCUT2D eigenvalue weighted by atomic mass is 10.0. The molecule has 0 fully saturated rings. The smallest absolute Gasteiger partial charge is 0.291 e. The van der Waals surface area contributed by atoms with Crippen LogP contribution >= 0.6 is 0 Å². The molecule has 1 atom stereocenters. The van der Waals surface area contributed by atoms with Crippen molar-refractivity contribution in [2.45, 2.75) is 6.10 Å². The molecule has 0 saturated carbocycles. The van der Waals surface area contributed by atoms with Gasteiger partial charge in [-0.05, 0) is 18.2 Å². The summed E-state index contributed by atoms with van der Waals surface area (Å²) in [7, 11) is 0. The fourth-order valence-electron chi connectivity index (χ4n) is 2.22. The quantitative estimate of drug-likeness (QED) is 0.679. The molecule has 1 heterocycles. The van der Waals surface area contributed by atoms with Gasteiger partial charge in [-0.2, -0.15) is 0 Å². The first-order valence-corrected chi connectivity index (χ1v) is 6.16. The molecule has 1 N–H and O–H groups in total. The highest BCUT2D eigenvalue weighted by Crippen LogP contribution is 2.42. The maximum Gasteiger partial charge on any atom is 0.291 e. The molecule has 106 valence electrons. The molecule has 0 spiro atoms. The van der Waals surface area contributed by atoms with Crippen molar-refractivity contribution < 1.29 is 19.2 Å². The Morgan fingerprint density at radius 2 is 1.90 bits per heavy atom. The monoisotopic (exact) mass is 287 g/mol. The topological polar surface area (TPSA) is 72.6 Å². The summed E-state index contributed by atoms with van der Waals surface area (Å²) < 4.78 is 18.6. The van der Waals surface area contributed by atoms with Gasteiger partial charge in [0, 0.05) is 17.2 Å². The Labute approximate surface area is 119 Å². The first-order valence-electron chi connectivity index (χ1n) is 6.16. The van der Waals surface area contributed by atoms with E-state index >= 15 is 0 Å². The predicted molar refractivity (Wildman–Crippen MR) is 72.8 cm³/mol. The van der Waals surface area contributed by atoms with Gasteiger partial charge in [-0.1, -0.05) is 24.3 Å². The fourth-order valence-corrected chi connectivity index (χ4v) is 2.22. The van der Waals surface area contributed by atoms with Gasteiger partial charge in [0.25, 0.3) is 5.70 Å². The van der Waals surface area contributed by atoms with Crippen LogP contribution in [0.5, 0.6) is 11.5 Å². The molecule has 1 aliphatic rings. The van der Waals surface area contributed by atoms with Gasteiger partial charge in [0.15, 0.2) is 11.5 Å². The van der Waals surface area contributed by atoms with E-state index in [1.165, 1.54) is 36.4 Å². The van der Waals surface area contributed by atoms with Gasteiger partial charge in [-0.15, -0.1) is 0 Å². The third kappa shape index (κ3) is 2.31. The summed E-state index contributed by atoms with van der Waals surface area (Å²) in [5, 5.41) is 21.0. The summed E-state index contributed by atoms with van der Waals surface area (Å²) in [6, 6.07) is 9.87. The number of phenolic OH excluding ortho intramolecular Hbond substituents is 1. The minimum atomic E-state index is -0.999. The van der Waals surface area contributed by atoms with Gasteiger partial charge < -0.3 is 9.84 Å². The standard InChI is InChI=1S/C15H10FNO4/c16-11-6-4-9(5-7-11)14-12(17(19)20)8-10-2-1-3-13(18)15(10)21-14/h1-8,14,18H/t14-/m1/s1. The van der Waals surface area contributed by atoms with Crippen LogP contribution in [0, 0.1) is 15.9 Å². The highest BCUT2D eigenvalue weighted by atomic mass is 19.1. The Hall–Kier alpha value is -2.89. The minimum absolute atomic E-state index is 0.0988. The van der Waals surface area contributed by atoms with Crippen LogP contribution in [0.15, 0.2) is 48.2 Å². The Morgan fingerprint density at radius 3 is 2.57 bits per heavy atom. The van der Waals surface area contributed by atoms with E-state index in [4.69, 9.17) is 4.74 Å². The lowest BCUT2D eigenvalue weighted by Gasteiger charge is -2.23. The molecule has 3 rings (SSSR count). The van der Waals surface area contributed by atoms with Gasteiger partial charge >= 0.3 is 0 Å². The molecule has 2 aromatic rings. The molecule has 0 radical (unpaired) electrons. The maximum atomic E-state index is 13.0. The van der Waals surface area contributed by atoms with Gasteiger partial charge in [0.05, 0.1) is 4.92 Å². The van der Waals surface area contributed by atoms with Crippen molar-refractivity contribution >= 4 is 6.08 Å². The number of nitrogens with zero attached hydrogens (tertiary/aromatic N) is 1. The zero-order valence-corrected chi connectivity index (χ0v) is 10.7. The van der Waals surface area contributed by atoms with E-state index in [0.717, 1.165) is 0 Å². The molecule has 5 nitrogen and oxygen atoms in total. The van der Waals surface area contributed by atoms with E-state index < -0.39 is 16.8 Å². The lowest BCUT2D eigenvalue weighted by molar-refractivity contribution is -0.434. The van der Waals surface area contributed by atoms with Crippen LogP contribution in [0.2, 0.25) is 0 Å². The first kappa shape index (κ1) is 13.1. The van der Waals surface area contributed by atoms with Crippen LogP contribution in [0.1, 0.15) is 17.2 Å². The number of rotatable bonds is 2. The largest absolute Gasteiger partial charge is 0.504 e. The Kier molecular flexibility index (Phi) is 3.06. The van der Waals surface area contributed by atoms with Crippen LogP contribution < -0.4 is 4.74 Å². The average Bonchev–Trinajstić information content (AvgIpc) is 2.47. The number of hydrogen-bond acceptors (Lipinski definition) is 4. The molecule has 0 amide bonds. The number of ether oxygens (including phenoxy) is 1. The van der Waals surface area contributed by atoms with Crippen molar-refractivity contribution in [2.75, 3.05) is 0 Å². The van der Waals surface area contributed by atoms with E-state index in [9.17, 15) is 19.6 Å². The number of nitro groups is 1. The highest BCUT2D eigenvalue weighted by molar-refractivity contribution is 5.66. The zero-order chi connectivity index (χ0) is 15.0. The first-order chi connectivity index (χ1) is 10.1. The van der Waals surface area contributed by atoms with Gasteiger partial charge in [0.1, 0.15) is 5.82 Å². The Morgan fingerprint density at radius 1 is 1.19 bits per heavy atom. The number of fused-ring (bicyclic) bond motifs is 1. The van der Waals surface area contributed by atoms with E-state index in [0.29, 0.717) is 11.1 Å². The van der Waals surface area contributed by atoms with Crippen LogP contribution in [0.25, 0.3) is 6.08 Å². The minimum Gasteiger partial charge on any atom is -0.504 e. The molecule has 21 heavy (non-hydrogen) atoms. The molecule has 0 saturated heterocycles. The van der Waals surface area contributed by atoms with Crippen molar-refractivity contribution in [3.8, 4) is 11.5 Å². The SMILES string of the molecule is O=[N+]([O-])C1=Cc2cccc(O)c2O[C@@H]1c1ccc(F)cc1. The average molecular weight is 287 g/mol. The Bertz CT molecular complexity index is 740. The highest BCUT2D eigenvalue weighted by Gasteiger charge is 2.34. The molecule has 6 heteroatoms. The van der Waals surface area contributed by atoms with Gasteiger partial charge in [-0.25, -0.2) is 4.39 Å². The van der Waals surface area contributed by atoms with E-state index in [-0.39, 0.29) is 17.2 Å². The number of benzene rings is 2. The number of para-hydroxylation sites is 1. The second-order valence-electron chi connectivity index (χ2n) is 4.57. The molecule has 0 bridgehead atoms. The van der Waals surface area contributed by atoms with Crippen molar-refractivity contribution in [2.24, 2.45) is 0 Å². The van der Waals surface area contributed by atoms with Crippen molar-refractivity contribution in [3.63, 3.8) is 0 Å². The summed E-state index contributed by atoms with van der Waals surface area (Å²) in [5.41, 5.74) is 0.702. The van der Waals surface area contributed by atoms with Crippen LogP contribution in [0.3, 0.4) is 0 Å². The molecular formula is C15H10FNO4. The molecule has 0 aromatic heterocycles. The molecule has 0 aliphatic carbocycles. The number of halogens is 1. The van der Waals surface area contributed by atoms with Crippen LogP contribution in [-0.4, -0.2) is 10.0 Å². The number of aromatic hydroxyl groups is 1. The fraction of sp³-hybridized carbons (Fsp3) is 0.0667. The maximum absolute atomic E-state index is 13.0. The third-order valence-electron chi connectivity index (χ3n) is 3.22. The summed E-state index contributed by atoms with van der Waals surface area (Å²) in [6.07, 6.45) is 0.355. The van der Waals surface area contributed by atoms with E-state index in [2.05, 4.69) is 0 Å². The number of hydrogen-bond donors (Lipinski definition) is 1. The summed E-state index contributed by atoms with van der Waals surface area (Å²) in [5.74, 6) is -0.361. The van der Waals surface area contributed by atoms with Gasteiger partial charge in [0.2, 0.25) is 6.10 Å². The molecule has 0 unspecified atom stereocenters. The van der Waals surface area contributed by atoms with Crippen LogP contribution in [-0.2, 0) is 0 Å². The summed E-state index contributed by atoms with van der Waals surface area (Å²) in [6.45, 7) is 0. The second-order valence-corrected chi connectivity index (χ2v) is 4.57. The predicted octanol–water partition coefficient (Wildman–Crippen LogP) is 3.28. The van der Waals surface area contributed by atoms with E-state index in [1.807, 2.05) is 0 Å². The van der Waals surface area contributed by atoms with Crippen LogP contribution in [0.4, 0.5) is 4.39 Å². The second kappa shape index (κ2) is 4.90. The van der Waals surface area contributed by atoms with Crippen molar-refractivity contribution in [3.05, 3.63) is 75.2 Å². The summed E-state index contributed by atoms with van der Waals surface area (Å²) in [4.78, 5) is 10.7. The Balaban J connectivity index is 2.11. The third-order valence-corrected chi connectivity index (χ3v) is 3.22. The lowest BCUT2D eigenvalue weighted by Crippen LogP contribution is -2.19. The summed E-state index contributed by atoms with van der Waals surface area (Å²) >= 11 is 0. The van der Waals surface area contributed by atoms with Crippen molar-refractivity contribution in [1.29, 1.82) is 0 Å². The van der Waals surface area contributed by atoms with Gasteiger partial charge in [-0.3, -0.25) is 10.1 Å². The zero-order valence-electron chi connectivity index (χ0n) is 10.7. The van der Waals surface area contributed by atoms with Crippen molar-refractivity contribution in [1.82, 2.24) is 0 Å². The molecule has 2 aromatic carbocycles. The molecular weight excluding hydrogens is 277 g/mol. The van der Waals surface area contributed by atoms with E-state index in [1.54, 1.807) is 12.1 Å². The molecule has 1 aliphatic heterocycles. The number of phenols is 1. The normalized spacial score (nSPS) is 16.6.